The number of hydrogen-bond acceptors (Lipinski definition) is 4. The van der Waals surface area contributed by atoms with Crippen molar-refractivity contribution in [2.45, 2.75) is 38.1 Å². The molecule has 0 spiro atoms. The Hall–Kier alpha value is -0.420. The minimum Gasteiger partial charge on any atom is -0.480 e. The van der Waals surface area contributed by atoms with Gasteiger partial charge in [0.15, 0.2) is 0 Å². The third-order valence-electron chi connectivity index (χ3n) is 2.31. The normalized spacial score (nSPS) is 16.7. The molecule has 0 fully saturated rings. The highest BCUT2D eigenvalue weighted by Gasteiger charge is 2.15. The van der Waals surface area contributed by atoms with Crippen LogP contribution in [0.2, 0.25) is 0 Å². The van der Waals surface area contributed by atoms with Crippen molar-refractivity contribution in [3.05, 3.63) is 0 Å². The number of unbranched alkanes of at least 4 members (excludes halogenated alkanes) is 3. The smallest absolute Gasteiger partial charge is 0.327 e. The Morgan fingerprint density at radius 2 is 1.94 bits per heavy atom. The predicted molar refractivity (Wildman–Crippen MR) is 60.4 cm³/mol. The van der Waals surface area contributed by atoms with Crippen LogP contribution in [0.1, 0.15) is 32.1 Å². The molecule has 0 heterocycles. The highest BCUT2D eigenvalue weighted by atomic mass is 31.2. The van der Waals surface area contributed by atoms with Gasteiger partial charge in [0.05, 0.1) is 0 Å². The van der Waals surface area contributed by atoms with Gasteiger partial charge in [0.2, 0.25) is 0 Å². The maximum Gasteiger partial charge on any atom is 0.327 e. The van der Waals surface area contributed by atoms with Gasteiger partial charge in [-0.3, -0.25) is 9.36 Å². The van der Waals surface area contributed by atoms with Crippen molar-refractivity contribution in [2.75, 3.05) is 13.3 Å². The molecule has 2 unspecified atom stereocenters. The summed E-state index contributed by atoms with van der Waals surface area (Å²) >= 11 is 0. The standard InChI is InChI=1S/C9H20NO5P/c1-15-16(13,14)7-5-3-2-4-6-8(10)9(11)12/h8H,2-7,10H2,1H3,(H,11,12)(H,13,14). The number of rotatable bonds is 9. The van der Waals surface area contributed by atoms with E-state index in [-0.39, 0.29) is 6.16 Å². The zero-order valence-corrected chi connectivity index (χ0v) is 10.4. The number of carboxylic acids is 1. The summed E-state index contributed by atoms with van der Waals surface area (Å²) in [7, 11) is -2.16. The van der Waals surface area contributed by atoms with Crippen LogP contribution in [0.25, 0.3) is 0 Å². The van der Waals surface area contributed by atoms with Gasteiger partial charge < -0.3 is 20.3 Å². The van der Waals surface area contributed by atoms with Crippen molar-refractivity contribution in [1.29, 1.82) is 0 Å². The monoisotopic (exact) mass is 253 g/mol. The van der Waals surface area contributed by atoms with E-state index in [1.807, 2.05) is 0 Å². The number of carbonyl (C=O) groups is 1. The first-order chi connectivity index (χ1) is 7.39. The van der Waals surface area contributed by atoms with Gasteiger partial charge in [-0.05, 0) is 12.8 Å². The van der Waals surface area contributed by atoms with Crippen molar-refractivity contribution >= 4 is 13.6 Å². The van der Waals surface area contributed by atoms with Crippen LogP contribution in [0.15, 0.2) is 0 Å². The molecule has 16 heavy (non-hydrogen) atoms. The number of hydrogen-bond donors (Lipinski definition) is 3. The van der Waals surface area contributed by atoms with Crippen molar-refractivity contribution in [1.82, 2.24) is 0 Å². The summed E-state index contributed by atoms with van der Waals surface area (Å²) in [5, 5.41) is 8.51. The molecule has 0 radical (unpaired) electrons. The molecule has 0 aliphatic carbocycles. The lowest BCUT2D eigenvalue weighted by Gasteiger charge is -2.08. The maximum absolute atomic E-state index is 11.0. The van der Waals surface area contributed by atoms with Crippen LogP contribution in [0, 0.1) is 0 Å². The molecule has 7 heteroatoms. The van der Waals surface area contributed by atoms with Crippen LogP contribution >= 0.6 is 7.60 Å². The van der Waals surface area contributed by atoms with Gasteiger partial charge in [-0.15, -0.1) is 0 Å². The second-order valence-electron chi connectivity index (χ2n) is 3.69. The van der Waals surface area contributed by atoms with E-state index in [0.29, 0.717) is 12.8 Å². The largest absolute Gasteiger partial charge is 0.480 e. The molecule has 4 N–H and O–H groups in total. The van der Waals surface area contributed by atoms with E-state index < -0.39 is 19.6 Å². The lowest BCUT2D eigenvalue weighted by Crippen LogP contribution is -2.29. The van der Waals surface area contributed by atoms with E-state index in [2.05, 4.69) is 4.52 Å². The lowest BCUT2D eigenvalue weighted by atomic mass is 10.1. The molecule has 0 aliphatic heterocycles. The molecular formula is C9H20NO5P. The molecule has 0 amide bonds. The van der Waals surface area contributed by atoms with E-state index in [1.165, 1.54) is 7.11 Å². The Labute approximate surface area is 95.3 Å². The highest BCUT2D eigenvalue weighted by Crippen LogP contribution is 2.41. The van der Waals surface area contributed by atoms with E-state index in [9.17, 15) is 9.36 Å². The van der Waals surface area contributed by atoms with Crippen LogP contribution in [0.4, 0.5) is 0 Å². The van der Waals surface area contributed by atoms with E-state index >= 15 is 0 Å². The van der Waals surface area contributed by atoms with Gasteiger partial charge in [-0.25, -0.2) is 0 Å². The summed E-state index contributed by atoms with van der Waals surface area (Å²) in [6, 6.07) is -0.803. The van der Waals surface area contributed by atoms with Crippen molar-refractivity contribution in [3.8, 4) is 0 Å². The zero-order chi connectivity index (χ0) is 12.6. The molecule has 0 saturated heterocycles. The molecule has 0 saturated carbocycles. The molecule has 96 valence electrons. The van der Waals surface area contributed by atoms with E-state index in [4.69, 9.17) is 15.7 Å². The summed E-state index contributed by atoms with van der Waals surface area (Å²) in [4.78, 5) is 19.5. The average Bonchev–Trinajstić information content (AvgIpc) is 2.22. The fourth-order valence-corrected chi connectivity index (χ4v) is 2.05. The van der Waals surface area contributed by atoms with Crippen molar-refractivity contribution in [3.63, 3.8) is 0 Å². The number of aliphatic carboxylic acids is 1. The summed E-state index contributed by atoms with van der Waals surface area (Å²) in [5.74, 6) is -0.987. The lowest BCUT2D eigenvalue weighted by molar-refractivity contribution is -0.138. The van der Waals surface area contributed by atoms with Crippen LogP contribution in [-0.2, 0) is 13.9 Å². The van der Waals surface area contributed by atoms with Gasteiger partial charge in [0.1, 0.15) is 6.04 Å². The van der Waals surface area contributed by atoms with Gasteiger partial charge in [-0.1, -0.05) is 19.3 Å². The number of nitrogens with two attached hydrogens (primary N) is 1. The van der Waals surface area contributed by atoms with Crippen LogP contribution in [0.3, 0.4) is 0 Å². The van der Waals surface area contributed by atoms with Crippen molar-refractivity contribution < 1.29 is 23.9 Å². The van der Waals surface area contributed by atoms with Crippen LogP contribution < -0.4 is 5.73 Å². The minimum atomic E-state index is -3.38. The molecular weight excluding hydrogens is 233 g/mol. The highest BCUT2D eigenvalue weighted by molar-refractivity contribution is 7.52. The summed E-state index contributed by atoms with van der Waals surface area (Å²) in [6.45, 7) is 0. The Bertz CT molecular complexity index is 258. The Kier molecular flexibility index (Phi) is 7.58. The van der Waals surface area contributed by atoms with Crippen LogP contribution in [0.5, 0.6) is 0 Å². The quantitative estimate of drug-likeness (QED) is 0.420. The second-order valence-corrected chi connectivity index (χ2v) is 5.78. The Morgan fingerprint density at radius 1 is 1.38 bits per heavy atom. The van der Waals surface area contributed by atoms with Gasteiger partial charge in [0.25, 0.3) is 0 Å². The SMILES string of the molecule is COP(=O)(O)CCCCCCC(N)C(=O)O. The van der Waals surface area contributed by atoms with E-state index in [0.717, 1.165) is 19.3 Å². The minimum absolute atomic E-state index is 0.147. The Balaban J connectivity index is 3.41. The van der Waals surface area contributed by atoms with Gasteiger partial charge >= 0.3 is 13.6 Å². The topological polar surface area (TPSA) is 110 Å². The van der Waals surface area contributed by atoms with Gasteiger partial charge in [-0.2, -0.15) is 0 Å². The third-order valence-corrected chi connectivity index (χ3v) is 3.76. The van der Waals surface area contributed by atoms with Crippen molar-refractivity contribution in [2.24, 2.45) is 5.73 Å². The first-order valence-electron chi connectivity index (χ1n) is 5.25. The summed E-state index contributed by atoms with van der Waals surface area (Å²) in [6.07, 6.45) is 3.50. The first kappa shape index (κ1) is 15.6. The molecule has 0 aliphatic rings. The summed E-state index contributed by atoms with van der Waals surface area (Å²) < 4.78 is 15.5. The fraction of sp³-hybridized carbons (Fsp3) is 0.889. The fourth-order valence-electron chi connectivity index (χ4n) is 1.24. The molecule has 0 aromatic rings. The molecule has 6 nitrogen and oxygen atoms in total. The maximum atomic E-state index is 11.0. The molecule has 0 aromatic heterocycles. The molecule has 0 bridgehead atoms. The van der Waals surface area contributed by atoms with Gasteiger partial charge in [0, 0.05) is 13.3 Å². The average molecular weight is 253 g/mol. The number of carboxylic acid groups (broad SMARTS) is 1. The second kappa shape index (κ2) is 7.79. The molecule has 2 atom stereocenters. The van der Waals surface area contributed by atoms with Crippen LogP contribution in [-0.4, -0.2) is 35.3 Å². The molecule has 0 rings (SSSR count). The zero-order valence-electron chi connectivity index (χ0n) is 9.46. The third kappa shape index (κ3) is 7.82. The molecule has 0 aromatic carbocycles. The first-order valence-corrected chi connectivity index (χ1v) is 7.01. The Morgan fingerprint density at radius 3 is 2.44 bits per heavy atom. The summed E-state index contributed by atoms with van der Waals surface area (Å²) in [5.41, 5.74) is 5.32. The van der Waals surface area contributed by atoms with E-state index in [1.54, 1.807) is 0 Å². The predicted octanol–water partition coefficient (Wildman–Crippen LogP) is 1.18.